The van der Waals surface area contributed by atoms with Crippen LogP contribution >= 0.6 is 0 Å². The van der Waals surface area contributed by atoms with Crippen LogP contribution in [0.15, 0.2) is 47.3 Å². The van der Waals surface area contributed by atoms with Crippen molar-refractivity contribution in [3.8, 4) is 23.8 Å². The second-order valence-electron chi connectivity index (χ2n) is 11.4. The van der Waals surface area contributed by atoms with Crippen LogP contribution in [0.25, 0.3) is 0 Å². The number of hydrogen-bond acceptors (Lipinski definition) is 5. The molecule has 0 saturated carbocycles. The Bertz CT molecular complexity index is 1150. The van der Waals surface area contributed by atoms with Crippen molar-refractivity contribution in [3.63, 3.8) is 0 Å². The summed E-state index contributed by atoms with van der Waals surface area (Å²) < 4.78 is 11.5. The number of carbonyl (C=O) groups excluding carboxylic acids is 2. The van der Waals surface area contributed by atoms with Gasteiger partial charge in [0, 0.05) is 46.9 Å². The highest BCUT2D eigenvalue weighted by Gasteiger charge is 2.46. The third-order valence-corrected chi connectivity index (χ3v) is 7.09. The summed E-state index contributed by atoms with van der Waals surface area (Å²) in [4.78, 5) is 27.2. The molecular formula is C30H35NO4. The lowest BCUT2D eigenvalue weighted by molar-refractivity contribution is -0.119. The van der Waals surface area contributed by atoms with E-state index < -0.39 is 5.92 Å². The average molecular weight is 474 g/mol. The number of rotatable bonds is 6. The minimum atomic E-state index is -0.437. The van der Waals surface area contributed by atoms with E-state index in [1.807, 2.05) is 12.1 Å². The molecule has 4 rings (SSSR count). The summed E-state index contributed by atoms with van der Waals surface area (Å²) in [6.07, 6.45) is 10.2. The number of ether oxygens (including phenoxy) is 2. The molecular weight excluding hydrogens is 438 g/mol. The van der Waals surface area contributed by atoms with Crippen LogP contribution in [-0.4, -0.2) is 25.3 Å². The van der Waals surface area contributed by atoms with Gasteiger partial charge in [0.25, 0.3) is 0 Å². The fourth-order valence-corrected chi connectivity index (χ4v) is 5.81. The number of allylic oxidation sites excluding steroid dienone is 5. The molecule has 2 aliphatic carbocycles. The molecule has 5 heteroatoms. The minimum absolute atomic E-state index is 0.0924. The Balaban J connectivity index is 1.95. The van der Waals surface area contributed by atoms with Gasteiger partial charge in [-0.2, -0.15) is 0 Å². The molecule has 1 heterocycles. The number of benzene rings is 1. The zero-order valence-electron chi connectivity index (χ0n) is 21.5. The summed E-state index contributed by atoms with van der Waals surface area (Å²) in [6.45, 7) is 12.5. The van der Waals surface area contributed by atoms with Crippen LogP contribution in [0.4, 0.5) is 0 Å². The van der Waals surface area contributed by atoms with Gasteiger partial charge in [0.05, 0.1) is 7.11 Å². The third kappa shape index (κ3) is 4.67. The van der Waals surface area contributed by atoms with Gasteiger partial charge in [-0.1, -0.05) is 45.8 Å². The number of Topliss-reactive ketones (excluding diaryl/α,β-unsaturated/α-hetero) is 2. The van der Waals surface area contributed by atoms with E-state index in [0.29, 0.717) is 41.9 Å². The molecule has 35 heavy (non-hydrogen) atoms. The van der Waals surface area contributed by atoms with E-state index in [4.69, 9.17) is 15.9 Å². The highest BCUT2D eigenvalue weighted by Crippen LogP contribution is 2.52. The molecule has 3 aliphatic rings. The highest BCUT2D eigenvalue weighted by molar-refractivity contribution is 6.06. The van der Waals surface area contributed by atoms with Gasteiger partial charge in [-0.15, -0.1) is 13.0 Å². The van der Waals surface area contributed by atoms with Gasteiger partial charge in [-0.25, -0.2) is 0 Å². The Morgan fingerprint density at radius 1 is 1.06 bits per heavy atom. The molecule has 0 unspecified atom stereocenters. The largest absolute Gasteiger partial charge is 0.493 e. The average Bonchev–Trinajstić information content (AvgIpc) is 2.74. The molecule has 0 amide bonds. The molecule has 1 aromatic rings. The molecule has 0 fully saturated rings. The van der Waals surface area contributed by atoms with Crippen molar-refractivity contribution in [3.05, 3.63) is 58.5 Å². The predicted octanol–water partition coefficient (Wildman–Crippen LogP) is 5.41. The number of hydrogen-bond donors (Lipinski definition) is 1. The summed E-state index contributed by atoms with van der Waals surface area (Å²) in [5.74, 6) is 3.35. The first-order valence-corrected chi connectivity index (χ1v) is 12.2. The molecule has 0 spiro atoms. The Morgan fingerprint density at radius 3 is 2.11 bits per heavy atom. The van der Waals surface area contributed by atoms with E-state index in [1.54, 1.807) is 13.2 Å². The van der Waals surface area contributed by atoms with E-state index in [0.717, 1.165) is 35.4 Å². The zero-order chi connectivity index (χ0) is 25.5. The summed E-state index contributed by atoms with van der Waals surface area (Å²) in [7, 11) is 1.58. The van der Waals surface area contributed by atoms with Crippen molar-refractivity contribution in [1.82, 2.24) is 5.32 Å². The van der Waals surface area contributed by atoms with Crippen molar-refractivity contribution in [2.24, 2.45) is 10.8 Å². The van der Waals surface area contributed by atoms with Crippen molar-refractivity contribution < 1.29 is 19.1 Å². The second-order valence-corrected chi connectivity index (χ2v) is 11.4. The van der Waals surface area contributed by atoms with Gasteiger partial charge in [0.1, 0.15) is 6.61 Å². The van der Waals surface area contributed by atoms with Gasteiger partial charge in [-0.05, 0) is 41.7 Å². The predicted molar refractivity (Wildman–Crippen MR) is 137 cm³/mol. The molecule has 0 saturated heterocycles. The summed E-state index contributed by atoms with van der Waals surface area (Å²) in [6, 6.07) is 3.91. The molecule has 0 atom stereocenters. The van der Waals surface area contributed by atoms with Gasteiger partial charge >= 0.3 is 0 Å². The maximum Gasteiger partial charge on any atom is 0.166 e. The Labute approximate surface area is 208 Å². The number of ketones is 2. The molecule has 1 aliphatic heterocycles. The third-order valence-electron chi connectivity index (χ3n) is 7.09. The molecule has 5 nitrogen and oxygen atoms in total. The van der Waals surface area contributed by atoms with Gasteiger partial charge < -0.3 is 14.8 Å². The maximum atomic E-state index is 13.6. The maximum absolute atomic E-state index is 13.6. The Morgan fingerprint density at radius 2 is 1.63 bits per heavy atom. The first-order valence-electron chi connectivity index (χ1n) is 12.2. The summed E-state index contributed by atoms with van der Waals surface area (Å²) in [5, 5.41) is 3.56. The lowest BCUT2D eigenvalue weighted by Crippen LogP contribution is -2.42. The first kappa shape index (κ1) is 24.9. The van der Waals surface area contributed by atoms with E-state index in [9.17, 15) is 9.59 Å². The monoisotopic (exact) mass is 473 g/mol. The minimum Gasteiger partial charge on any atom is -0.493 e. The standard InChI is InChI=1S/C30H35NO4/c1-8-10-18-12-19(13-24(34-7)28(18)35-11-9-2)25-26-20(14-29(3,4)16-22(26)32)31-21-15-30(5,6)17-23(33)27(21)25/h2,8,12-13,25,31H,1,10-11,14-17H2,3-7H3. The van der Waals surface area contributed by atoms with Gasteiger partial charge in [-0.3, -0.25) is 9.59 Å². The van der Waals surface area contributed by atoms with Crippen molar-refractivity contribution in [2.75, 3.05) is 13.7 Å². The zero-order valence-corrected chi connectivity index (χ0v) is 21.5. The topological polar surface area (TPSA) is 64.6 Å². The first-order chi connectivity index (χ1) is 16.5. The summed E-state index contributed by atoms with van der Waals surface area (Å²) in [5.41, 5.74) is 4.74. The fraction of sp³-hybridized carbons (Fsp3) is 0.467. The van der Waals surface area contributed by atoms with Gasteiger partial charge in [0.2, 0.25) is 0 Å². The molecule has 1 N–H and O–H groups in total. The molecule has 184 valence electrons. The lowest BCUT2D eigenvalue weighted by atomic mass is 9.64. The number of carbonyl (C=O) groups is 2. The molecule has 0 bridgehead atoms. The molecule has 1 aromatic carbocycles. The number of dihydropyridines is 1. The van der Waals surface area contributed by atoms with E-state index >= 15 is 0 Å². The highest BCUT2D eigenvalue weighted by atomic mass is 16.5. The van der Waals surface area contributed by atoms with E-state index in [1.165, 1.54) is 0 Å². The summed E-state index contributed by atoms with van der Waals surface area (Å²) >= 11 is 0. The molecule has 0 aromatic heterocycles. The second kappa shape index (κ2) is 9.07. The SMILES string of the molecule is C#CCOc1c(CC=C)cc(C2C3=C(CC(C)(C)CC3=O)NC3=C2C(=O)CC(C)(C)C3)cc1OC. The smallest absolute Gasteiger partial charge is 0.166 e. The van der Waals surface area contributed by atoms with E-state index in [2.05, 4.69) is 45.5 Å². The number of nitrogens with one attached hydrogen (secondary N) is 1. The van der Waals surface area contributed by atoms with Crippen LogP contribution in [0.2, 0.25) is 0 Å². The van der Waals surface area contributed by atoms with Crippen molar-refractivity contribution in [1.29, 1.82) is 0 Å². The van der Waals surface area contributed by atoms with Crippen LogP contribution < -0.4 is 14.8 Å². The van der Waals surface area contributed by atoms with Crippen molar-refractivity contribution in [2.45, 2.75) is 65.7 Å². The Kier molecular flexibility index (Phi) is 6.44. The van der Waals surface area contributed by atoms with Crippen LogP contribution in [0, 0.1) is 23.2 Å². The number of methoxy groups -OCH3 is 1. The van der Waals surface area contributed by atoms with Crippen LogP contribution in [0.1, 0.15) is 70.4 Å². The van der Waals surface area contributed by atoms with E-state index in [-0.39, 0.29) is 29.0 Å². The number of terminal acetylenes is 1. The normalized spacial score (nSPS) is 21.0. The lowest BCUT2D eigenvalue weighted by Gasteiger charge is -2.44. The van der Waals surface area contributed by atoms with Crippen LogP contribution in [-0.2, 0) is 16.0 Å². The van der Waals surface area contributed by atoms with Crippen molar-refractivity contribution >= 4 is 11.6 Å². The van der Waals surface area contributed by atoms with Crippen LogP contribution in [0.3, 0.4) is 0 Å². The Hall–Kier alpha value is -3.26. The quantitative estimate of drug-likeness (QED) is 0.442. The molecule has 0 radical (unpaired) electrons. The van der Waals surface area contributed by atoms with Gasteiger partial charge in [0.15, 0.2) is 23.1 Å². The fourth-order valence-electron chi connectivity index (χ4n) is 5.81. The van der Waals surface area contributed by atoms with Crippen LogP contribution in [0.5, 0.6) is 11.5 Å².